The average molecular weight is 250 g/mol. The molecule has 0 spiro atoms. The van der Waals surface area contributed by atoms with Crippen LogP contribution in [0.15, 0.2) is 24.3 Å². The number of hydrogen-bond donors (Lipinski definition) is 1. The highest BCUT2D eigenvalue weighted by Gasteiger charge is 2.19. The Morgan fingerprint density at radius 3 is 3.06 bits per heavy atom. The summed E-state index contributed by atoms with van der Waals surface area (Å²) >= 11 is 1.92. The van der Waals surface area contributed by atoms with Gasteiger partial charge >= 0.3 is 0 Å². The molecule has 1 aromatic carbocycles. The smallest absolute Gasteiger partial charge is 0.0452 e. The lowest BCUT2D eigenvalue weighted by Crippen LogP contribution is -2.38. The van der Waals surface area contributed by atoms with Crippen LogP contribution in [0, 0.1) is 0 Å². The van der Waals surface area contributed by atoms with E-state index >= 15 is 0 Å². The molecule has 2 nitrogen and oxygen atoms in total. The zero-order valence-corrected chi connectivity index (χ0v) is 11.6. The summed E-state index contributed by atoms with van der Waals surface area (Å²) in [6.07, 6.45) is 3.34. The van der Waals surface area contributed by atoms with Crippen LogP contribution in [-0.4, -0.2) is 43.6 Å². The molecule has 1 aliphatic rings. The lowest BCUT2D eigenvalue weighted by atomic mass is 9.94. The molecular formula is C14H22N2S. The Bertz CT molecular complexity index is 354. The van der Waals surface area contributed by atoms with Crippen molar-refractivity contribution in [1.29, 1.82) is 0 Å². The Balaban J connectivity index is 1.98. The highest BCUT2D eigenvalue weighted by atomic mass is 32.2. The first-order valence-corrected chi connectivity index (χ1v) is 7.69. The highest BCUT2D eigenvalue weighted by Crippen LogP contribution is 2.23. The number of fused-ring (bicyclic) bond motifs is 1. The van der Waals surface area contributed by atoms with Gasteiger partial charge in [-0.05, 0) is 37.4 Å². The lowest BCUT2D eigenvalue weighted by molar-refractivity contribution is 0.300. The van der Waals surface area contributed by atoms with E-state index in [1.165, 1.54) is 29.8 Å². The summed E-state index contributed by atoms with van der Waals surface area (Å²) in [5, 5.41) is 3.63. The molecular weight excluding hydrogens is 228 g/mol. The Morgan fingerprint density at radius 2 is 2.24 bits per heavy atom. The molecule has 2 rings (SSSR count). The first-order chi connectivity index (χ1) is 8.31. The molecule has 1 aliphatic heterocycles. The Morgan fingerprint density at radius 1 is 1.41 bits per heavy atom. The number of nitrogens with zero attached hydrogens (tertiary/aromatic N) is 1. The summed E-state index contributed by atoms with van der Waals surface area (Å²) < 4.78 is 0. The number of nitrogens with one attached hydrogen (secondary N) is 1. The van der Waals surface area contributed by atoms with Crippen LogP contribution in [-0.2, 0) is 6.42 Å². The molecule has 94 valence electrons. The second kappa shape index (κ2) is 6.43. The third kappa shape index (κ3) is 3.47. The van der Waals surface area contributed by atoms with Gasteiger partial charge in [-0.2, -0.15) is 11.8 Å². The van der Waals surface area contributed by atoms with Crippen molar-refractivity contribution in [1.82, 2.24) is 10.2 Å². The van der Waals surface area contributed by atoms with Crippen LogP contribution < -0.4 is 5.32 Å². The van der Waals surface area contributed by atoms with Crippen LogP contribution in [0.1, 0.15) is 17.2 Å². The number of rotatable bonds is 5. The maximum atomic E-state index is 3.63. The van der Waals surface area contributed by atoms with Gasteiger partial charge < -0.3 is 10.2 Å². The van der Waals surface area contributed by atoms with Gasteiger partial charge in [0.15, 0.2) is 0 Å². The number of benzene rings is 1. The van der Waals surface area contributed by atoms with Crippen molar-refractivity contribution in [2.45, 2.75) is 12.5 Å². The molecule has 0 radical (unpaired) electrons. The maximum absolute atomic E-state index is 3.63. The van der Waals surface area contributed by atoms with Crippen molar-refractivity contribution in [2.24, 2.45) is 0 Å². The summed E-state index contributed by atoms with van der Waals surface area (Å²) in [4.78, 5) is 2.43. The fourth-order valence-corrected chi connectivity index (χ4v) is 2.90. The fourth-order valence-electron chi connectivity index (χ4n) is 2.41. The topological polar surface area (TPSA) is 15.3 Å². The molecule has 1 N–H and O–H groups in total. The minimum absolute atomic E-state index is 0.506. The maximum Gasteiger partial charge on any atom is 0.0452 e. The van der Waals surface area contributed by atoms with Crippen LogP contribution in [0.5, 0.6) is 0 Å². The first-order valence-electron chi connectivity index (χ1n) is 6.30. The van der Waals surface area contributed by atoms with Crippen LogP contribution in [0.3, 0.4) is 0 Å². The largest absolute Gasteiger partial charge is 0.309 e. The van der Waals surface area contributed by atoms with Gasteiger partial charge in [-0.25, -0.2) is 0 Å². The van der Waals surface area contributed by atoms with Gasteiger partial charge in [-0.15, -0.1) is 0 Å². The van der Waals surface area contributed by atoms with E-state index in [-0.39, 0.29) is 0 Å². The summed E-state index contributed by atoms with van der Waals surface area (Å²) in [5.41, 5.74) is 3.02. The molecule has 0 saturated carbocycles. The zero-order chi connectivity index (χ0) is 12.1. The predicted molar refractivity (Wildman–Crippen MR) is 76.8 cm³/mol. The molecule has 3 heteroatoms. The second-order valence-corrected chi connectivity index (χ2v) is 5.70. The summed E-state index contributed by atoms with van der Waals surface area (Å²) in [7, 11) is 2.22. The van der Waals surface area contributed by atoms with Gasteiger partial charge in [0, 0.05) is 24.9 Å². The van der Waals surface area contributed by atoms with Crippen LogP contribution >= 0.6 is 11.8 Å². The van der Waals surface area contributed by atoms with Crippen molar-refractivity contribution in [3.8, 4) is 0 Å². The Hall–Kier alpha value is -0.510. The van der Waals surface area contributed by atoms with Gasteiger partial charge in [0.25, 0.3) is 0 Å². The Labute approximate surface area is 109 Å². The van der Waals surface area contributed by atoms with E-state index in [1.807, 2.05) is 11.8 Å². The van der Waals surface area contributed by atoms with Crippen LogP contribution in [0.4, 0.5) is 0 Å². The quantitative estimate of drug-likeness (QED) is 0.862. The van der Waals surface area contributed by atoms with Crippen molar-refractivity contribution in [3.05, 3.63) is 35.4 Å². The van der Waals surface area contributed by atoms with Gasteiger partial charge in [-0.3, -0.25) is 0 Å². The molecule has 0 saturated heterocycles. The first kappa shape index (κ1) is 12.9. The van der Waals surface area contributed by atoms with Gasteiger partial charge in [0.2, 0.25) is 0 Å². The standard InChI is InChI=1S/C14H22N2S/c1-16(9-10-17-2)11-14-13-6-4-3-5-12(13)7-8-15-14/h3-6,14-15H,7-11H2,1-2H3. The van der Waals surface area contributed by atoms with Crippen molar-refractivity contribution in [2.75, 3.05) is 38.7 Å². The normalized spacial score (nSPS) is 19.4. The molecule has 0 fully saturated rings. The molecule has 1 atom stereocenters. The predicted octanol–water partition coefficient (Wildman–Crippen LogP) is 2.17. The van der Waals surface area contributed by atoms with E-state index < -0.39 is 0 Å². The molecule has 1 unspecified atom stereocenters. The molecule has 1 aromatic rings. The summed E-state index contributed by atoms with van der Waals surface area (Å²) in [6.45, 7) is 3.39. The van der Waals surface area contributed by atoms with Crippen LogP contribution in [0.25, 0.3) is 0 Å². The van der Waals surface area contributed by atoms with Crippen molar-refractivity contribution >= 4 is 11.8 Å². The minimum atomic E-state index is 0.506. The third-order valence-electron chi connectivity index (χ3n) is 3.39. The zero-order valence-electron chi connectivity index (χ0n) is 10.8. The van der Waals surface area contributed by atoms with E-state index in [0.717, 1.165) is 13.1 Å². The summed E-state index contributed by atoms with van der Waals surface area (Å²) in [5.74, 6) is 1.21. The SMILES string of the molecule is CSCCN(C)CC1NCCc2ccccc21. The monoisotopic (exact) mass is 250 g/mol. The van der Waals surface area contributed by atoms with Gasteiger partial charge in [-0.1, -0.05) is 24.3 Å². The number of hydrogen-bond acceptors (Lipinski definition) is 3. The van der Waals surface area contributed by atoms with E-state index in [4.69, 9.17) is 0 Å². The van der Waals surface area contributed by atoms with E-state index in [9.17, 15) is 0 Å². The minimum Gasteiger partial charge on any atom is -0.309 e. The van der Waals surface area contributed by atoms with E-state index in [0.29, 0.717) is 6.04 Å². The molecule has 0 aromatic heterocycles. The molecule has 1 heterocycles. The van der Waals surface area contributed by atoms with Gasteiger partial charge in [0.1, 0.15) is 0 Å². The molecule has 0 bridgehead atoms. The van der Waals surface area contributed by atoms with E-state index in [2.05, 4.69) is 47.8 Å². The summed E-state index contributed by atoms with van der Waals surface area (Å²) in [6, 6.07) is 9.35. The fraction of sp³-hybridized carbons (Fsp3) is 0.571. The van der Waals surface area contributed by atoms with Crippen molar-refractivity contribution < 1.29 is 0 Å². The van der Waals surface area contributed by atoms with Crippen molar-refractivity contribution in [3.63, 3.8) is 0 Å². The second-order valence-electron chi connectivity index (χ2n) is 4.71. The molecule has 0 aliphatic carbocycles. The molecule has 0 amide bonds. The van der Waals surface area contributed by atoms with Crippen LogP contribution in [0.2, 0.25) is 0 Å². The number of likely N-dealkylation sites (N-methyl/N-ethyl adjacent to an activating group) is 1. The number of thioether (sulfide) groups is 1. The highest BCUT2D eigenvalue weighted by molar-refractivity contribution is 7.98. The average Bonchev–Trinajstić information content (AvgIpc) is 2.37. The lowest BCUT2D eigenvalue weighted by Gasteiger charge is -2.30. The third-order valence-corrected chi connectivity index (χ3v) is 3.98. The van der Waals surface area contributed by atoms with Gasteiger partial charge in [0.05, 0.1) is 0 Å². The van der Waals surface area contributed by atoms with E-state index in [1.54, 1.807) is 0 Å². The molecule has 17 heavy (non-hydrogen) atoms. The Kier molecular flexibility index (Phi) is 4.89.